The van der Waals surface area contributed by atoms with Gasteiger partial charge in [-0.1, -0.05) is 0 Å². The van der Waals surface area contributed by atoms with Gasteiger partial charge in [0.15, 0.2) is 17.3 Å². The van der Waals surface area contributed by atoms with Crippen molar-refractivity contribution in [1.29, 1.82) is 0 Å². The highest BCUT2D eigenvalue weighted by Crippen LogP contribution is 2.27. The molecule has 1 atom stereocenters. The predicted molar refractivity (Wildman–Crippen MR) is 102 cm³/mol. The monoisotopic (exact) mass is 380 g/mol. The van der Waals surface area contributed by atoms with E-state index in [4.69, 9.17) is 5.10 Å². The van der Waals surface area contributed by atoms with Gasteiger partial charge >= 0.3 is 0 Å². The fourth-order valence-electron chi connectivity index (χ4n) is 4.28. The summed E-state index contributed by atoms with van der Waals surface area (Å²) < 4.78 is 3.60. The molecule has 5 heterocycles. The lowest BCUT2D eigenvalue weighted by atomic mass is 9.95. The van der Waals surface area contributed by atoms with E-state index >= 15 is 0 Å². The molecule has 146 valence electrons. The topological polar surface area (TPSA) is 93.2 Å². The molecule has 1 unspecified atom stereocenters. The smallest absolute Gasteiger partial charge is 0.220 e. The van der Waals surface area contributed by atoms with Crippen LogP contribution in [0.25, 0.3) is 11.5 Å². The van der Waals surface area contributed by atoms with Crippen molar-refractivity contribution in [1.82, 2.24) is 39.8 Å². The third-order valence-electron chi connectivity index (χ3n) is 5.76. The van der Waals surface area contributed by atoms with E-state index in [-0.39, 0.29) is 5.91 Å². The van der Waals surface area contributed by atoms with E-state index in [2.05, 4.69) is 25.5 Å². The quantitative estimate of drug-likeness (QED) is 0.730. The summed E-state index contributed by atoms with van der Waals surface area (Å²) in [5.74, 6) is 2.21. The molecule has 1 N–H and O–H groups in total. The Hall–Kier alpha value is -2.81. The summed E-state index contributed by atoms with van der Waals surface area (Å²) in [6, 6.07) is 6.01. The standard InChI is InChI=1S/C19H24N8O/c28-18-4-1-3-15(21-18)13-25-11-7-14(8-12-25)19-23-22-16-5-6-17(24-27(16)19)26-10-2-9-20-26/h2,5-6,9-10,14-15H,1,3-4,7-8,11-13H2,(H,21,28). The number of nitrogens with zero attached hydrogens (tertiary/aromatic N) is 7. The zero-order valence-corrected chi connectivity index (χ0v) is 15.7. The second kappa shape index (κ2) is 7.31. The number of carbonyl (C=O) groups excluding carboxylic acids is 1. The predicted octanol–water partition coefficient (Wildman–Crippen LogP) is 1.16. The molecule has 2 fully saturated rings. The molecule has 28 heavy (non-hydrogen) atoms. The third-order valence-corrected chi connectivity index (χ3v) is 5.76. The van der Waals surface area contributed by atoms with E-state index in [9.17, 15) is 4.79 Å². The van der Waals surface area contributed by atoms with Gasteiger partial charge < -0.3 is 10.2 Å². The van der Waals surface area contributed by atoms with Gasteiger partial charge in [-0.15, -0.1) is 15.3 Å². The molecule has 0 bridgehead atoms. The molecule has 2 aliphatic heterocycles. The van der Waals surface area contributed by atoms with Gasteiger partial charge in [0, 0.05) is 37.3 Å². The maximum absolute atomic E-state index is 11.6. The van der Waals surface area contributed by atoms with Gasteiger partial charge in [-0.2, -0.15) is 9.61 Å². The first kappa shape index (κ1) is 17.3. The van der Waals surface area contributed by atoms with Crippen molar-refractivity contribution in [2.24, 2.45) is 0 Å². The third kappa shape index (κ3) is 3.37. The number of hydrogen-bond donors (Lipinski definition) is 1. The number of rotatable bonds is 4. The highest BCUT2D eigenvalue weighted by atomic mass is 16.1. The van der Waals surface area contributed by atoms with Crippen LogP contribution in [0.1, 0.15) is 43.8 Å². The highest BCUT2D eigenvalue weighted by Gasteiger charge is 2.27. The molecule has 0 spiro atoms. The lowest BCUT2D eigenvalue weighted by molar-refractivity contribution is -0.123. The Bertz CT molecular complexity index is 958. The average molecular weight is 380 g/mol. The Balaban J connectivity index is 1.28. The van der Waals surface area contributed by atoms with Crippen LogP contribution in [0.4, 0.5) is 0 Å². The van der Waals surface area contributed by atoms with Gasteiger partial charge in [-0.25, -0.2) is 4.68 Å². The van der Waals surface area contributed by atoms with Crippen molar-refractivity contribution in [3.05, 3.63) is 36.4 Å². The van der Waals surface area contributed by atoms with Gasteiger partial charge in [-0.3, -0.25) is 4.79 Å². The van der Waals surface area contributed by atoms with E-state index < -0.39 is 0 Å². The summed E-state index contributed by atoms with van der Waals surface area (Å²) in [6.45, 7) is 2.95. The zero-order chi connectivity index (χ0) is 18.9. The molecular formula is C19H24N8O. The molecule has 5 rings (SSSR count). The Morgan fingerprint density at radius 3 is 2.82 bits per heavy atom. The van der Waals surface area contributed by atoms with Crippen LogP contribution in [-0.4, -0.2) is 66.1 Å². The first-order valence-electron chi connectivity index (χ1n) is 10.0. The van der Waals surface area contributed by atoms with Crippen LogP contribution in [0.3, 0.4) is 0 Å². The number of likely N-dealkylation sites (tertiary alicyclic amines) is 1. The van der Waals surface area contributed by atoms with Gasteiger partial charge in [0.05, 0.1) is 0 Å². The summed E-state index contributed by atoms with van der Waals surface area (Å²) in [5.41, 5.74) is 0.762. The molecule has 2 aliphatic rings. The minimum atomic E-state index is 0.195. The van der Waals surface area contributed by atoms with Crippen LogP contribution < -0.4 is 5.32 Å². The molecule has 1 amide bonds. The molecule has 9 heteroatoms. The van der Waals surface area contributed by atoms with Crippen molar-refractivity contribution in [2.75, 3.05) is 19.6 Å². The summed E-state index contributed by atoms with van der Waals surface area (Å²) in [4.78, 5) is 14.1. The van der Waals surface area contributed by atoms with E-state index in [0.717, 1.165) is 62.6 Å². The molecule has 0 radical (unpaired) electrons. The molecule has 2 saturated heterocycles. The summed E-state index contributed by atoms with van der Waals surface area (Å²) in [7, 11) is 0. The van der Waals surface area contributed by atoms with Crippen LogP contribution in [-0.2, 0) is 4.79 Å². The molecule has 0 aromatic carbocycles. The number of carbonyl (C=O) groups is 1. The largest absolute Gasteiger partial charge is 0.352 e. The fraction of sp³-hybridized carbons (Fsp3) is 0.526. The Morgan fingerprint density at radius 1 is 1.14 bits per heavy atom. The lowest BCUT2D eigenvalue weighted by Crippen LogP contribution is -2.48. The van der Waals surface area contributed by atoms with Crippen molar-refractivity contribution in [3.8, 4) is 5.82 Å². The van der Waals surface area contributed by atoms with Crippen molar-refractivity contribution in [2.45, 2.75) is 44.1 Å². The van der Waals surface area contributed by atoms with Crippen LogP contribution in [0, 0.1) is 0 Å². The van der Waals surface area contributed by atoms with Gasteiger partial charge in [0.1, 0.15) is 0 Å². The van der Waals surface area contributed by atoms with Crippen LogP contribution >= 0.6 is 0 Å². The number of aromatic nitrogens is 6. The van der Waals surface area contributed by atoms with Gasteiger partial charge in [0.25, 0.3) is 0 Å². The minimum absolute atomic E-state index is 0.195. The SMILES string of the molecule is O=C1CCCC(CN2CCC(c3nnc4ccc(-n5cccn5)nn34)CC2)N1. The summed E-state index contributed by atoms with van der Waals surface area (Å²) in [6.07, 6.45) is 8.42. The summed E-state index contributed by atoms with van der Waals surface area (Å²) >= 11 is 0. The maximum Gasteiger partial charge on any atom is 0.220 e. The number of amides is 1. The molecule has 3 aromatic rings. The van der Waals surface area contributed by atoms with Gasteiger partial charge in [0.2, 0.25) is 5.91 Å². The van der Waals surface area contributed by atoms with E-state index in [1.54, 1.807) is 10.9 Å². The van der Waals surface area contributed by atoms with Crippen molar-refractivity contribution < 1.29 is 4.79 Å². The lowest BCUT2D eigenvalue weighted by Gasteiger charge is -2.35. The molecule has 3 aromatic heterocycles. The Kier molecular flexibility index (Phi) is 4.52. The van der Waals surface area contributed by atoms with Crippen molar-refractivity contribution >= 4 is 11.6 Å². The Labute approximate surface area is 162 Å². The first-order valence-corrected chi connectivity index (χ1v) is 10.0. The number of fused-ring (bicyclic) bond motifs is 1. The number of hydrogen-bond acceptors (Lipinski definition) is 6. The minimum Gasteiger partial charge on any atom is -0.352 e. The average Bonchev–Trinajstić information content (AvgIpc) is 3.38. The second-order valence-corrected chi connectivity index (χ2v) is 7.70. The molecule has 0 aliphatic carbocycles. The van der Waals surface area contributed by atoms with E-state index in [0.29, 0.717) is 18.4 Å². The van der Waals surface area contributed by atoms with Crippen LogP contribution in [0.5, 0.6) is 0 Å². The number of piperidine rings is 2. The second-order valence-electron chi connectivity index (χ2n) is 7.70. The Morgan fingerprint density at radius 2 is 2.04 bits per heavy atom. The van der Waals surface area contributed by atoms with Gasteiger partial charge in [-0.05, 0) is 57.0 Å². The fourth-order valence-corrected chi connectivity index (χ4v) is 4.28. The van der Waals surface area contributed by atoms with Crippen LogP contribution in [0.15, 0.2) is 30.6 Å². The molecule has 9 nitrogen and oxygen atoms in total. The van der Waals surface area contributed by atoms with Crippen molar-refractivity contribution in [3.63, 3.8) is 0 Å². The highest BCUT2D eigenvalue weighted by molar-refractivity contribution is 5.76. The van der Waals surface area contributed by atoms with E-state index in [1.807, 2.05) is 28.9 Å². The zero-order valence-electron chi connectivity index (χ0n) is 15.7. The maximum atomic E-state index is 11.6. The normalized spacial score (nSPS) is 21.9. The molecule has 0 saturated carbocycles. The molecular weight excluding hydrogens is 356 g/mol. The van der Waals surface area contributed by atoms with Crippen LogP contribution in [0.2, 0.25) is 0 Å². The number of nitrogens with one attached hydrogen (secondary N) is 1. The summed E-state index contributed by atoms with van der Waals surface area (Å²) in [5, 5.41) is 20.8. The first-order chi connectivity index (χ1) is 13.8. The van der Waals surface area contributed by atoms with E-state index in [1.165, 1.54) is 0 Å².